The van der Waals surface area contributed by atoms with E-state index in [2.05, 4.69) is 46.9 Å². The Labute approximate surface area is 148 Å². The second-order valence-corrected chi connectivity index (χ2v) is 7.93. The van der Waals surface area contributed by atoms with Crippen LogP contribution in [0.4, 0.5) is 0 Å². The summed E-state index contributed by atoms with van der Waals surface area (Å²) in [7, 11) is 0. The van der Waals surface area contributed by atoms with E-state index in [0.29, 0.717) is 19.2 Å². The van der Waals surface area contributed by atoms with Gasteiger partial charge in [0.1, 0.15) is 12.4 Å². The largest absolute Gasteiger partial charge is 0.488 e. The maximum atomic E-state index is 11.3. The summed E-state index contributed by atoms with van der Waals surface area (Å²) >= 11 is 3.62. The van der Waals surface area contributed by atoms with Crippen molar-refractivity contribution >= 4 is 15.9 Å². The minimum atomic E-state index is -0.285. The van der Waals surface area contributed by atoms with Crippen molar-refractivity contribution in [2.24, 2.45) is 0 Å². The first-order chi connectivity index (χ1) is 11.4. The molecular formula is C18H19BrN2O3. The summed E-state index contributed by atoms with van der Waals surface area (Å²) in [6.07, 6.45) is 3.82. The molecule has 24 heavy (non-hydrogen) atoms. The second-order valence-electron chi connectivity index (χ2n) is 7.08. The molecule has 1 aliphatic heterocycles. The molecular weight excluding hydrogens is 372 g/mol. The van der Waals surface area contributed by atoms with E-state index in [4.69, 9.17) is 9.47 Å². The Morgan fingerprint density at radius 2 is 2.29 bits per heavy atom. The van der Waals surface area contributed by atoms with Crippen LogP contribution < -0.4 is 15.0 Å². The molecule has 1 aromatic heterocycles. The Hall–Kier alpha value is -1.82. The average molecular weight is 391 g/mol. The van der Waals surface area contributed by atoms with Gasteiger partial charge in [-0.2, -0.15) is 4.98 Å². The zero-order valence-electron chi connectivity index (χ0n) is 13.7. The summed E-state index contributed by atoms with van der Waals surface area (Å²) in [6.45, 7) is 5.62. The molecule has 2 aromatic rings. The van der Waals surface area contributed by atoms with Gasteiger partial charge in [0, 0.05) is 12.3 Å². The summed E-state index contributed by atoms with van der Waals surface area (Å²) in [5, 5.41) is 0. The summed E-state index contributed by atoms with van der Waals surface area (Å²) in [5.74, 6) is 0.841. The van der Waals surface area contributed by atoms with E-state index in [1.807, 2.05) is 4.57 Å². The minimum Gasteiger partial charge on any atom is -0.488 e. The number of aromatic nitrogens is 2. The molecule has 1 aromatic carbocycles. The lowest BCUT2D eigenvalue weighted by Gasteiger charge is -2.20. The van der Waals surface area contributed by atoms with Crippen LogP contribution in [0.5, 0.6) is 11.8 Å². The topological polar surface area (TPSA) is 53.4 Å². The number of hydrogen-bond donors (Lipinski definition) is 0. The highest BCUT2D eigenvalue weighted by atomic mass is 79.9. The normalized spacial score (nSPS) is 20.4. The zero-order valence-corrected chi connectivity index (χ0v) is 15.3. The Morgan fingerprint density at radius 3 is 3.12 bits per heavy atom. The smallest absolute Gasteiger partial charge is 0.300 e. The maximum Gasteiger partial charge on any atom is 0.300 e. The molecule has 5 nitrogen and oxygen atoms in total. The van der Waals surface area contributed by atoms with Crippen molar-refractivity contribution in [2.75, 3.05) is 6.61 Å². The van der Waals surface area contributed by atoms with Gasteiger partial charge >= 0.3 is 0 Å². The number of hydrogen-bond acceptors (Lipinski definition) is 4. The third-order valence-electron chi connectivity index (χ3n) is 4.85. The lowest BCUT2D eigenvalue weighted by molar-refractivity contribution is 0.143. The van der Waals surface area contributed by atoms with E-state index in [1.165, 1.54) is 23.6 Å². The molecule has 0 N–H and O–H groups in total. The quantitative estimate of drug-likeness (QED) is 0.807. The first kappa shape index (κ1) is 15.7. The number of rotatable bonds is 3. The number of fused-ring (bicyclic) bond motifs is 2. The predicted octanol–water partition coefficient (Wildman–Crippen LogP) is 3.07. The third kappa shape index (κ3) is 2.73. The van der Waals surface area contributed by atoms with Gasteiger partial charge in [-0.25, -0.2) is 0 Å². The van der Waals surface area contributed by atoms with Gasteiger partial charge in [-0.15, -0.1) is 0 Å². The minimum absolute atomic E-state index is 0.143. The average Bonchev–Trinajstić information content (AvgIpc) is 3.06. The number of benzene rings is 1. The Balaban J connectivity index is 1.47. The number of aryl methyl sites for hydroxylation is 1. The van der Waals surface area contributed by atoms with Crippen LogP contribution in [-0.4, -0.2) is 22.3 Å². The van der Waals surface area contributed by atoms with Gasteiger partial charge in [0.05, 0.1) is 11.0 Å². The fraction of sp³-hybridized carbons (Fsp3) is 0.444. The van der Waals surface area contributed by atoms with Crippen LogP contribution in [0.15, 0.2) is 33.7 Å². The summed E-state index contributed by atoms with van der Waals surface area (Å²) < 4.78 is 14.5. The lowest BCUT2D eigenvalue weighted by Crippen LogP contribution is -2.23. The Bertz CT molecular complexity index is 860. The van der Waals surface area contributed by atoms with Gasteiger partial charge in [0.2, 0.25) is 0 Å². The summed E-state index contributed by atoms with van der Waals surface area (Å²) in [4.78, 5) is 15.1. The van der Waals surface area contributed by atoms with Crippen LogP contribution in [0, 0.1) is 0 Å². The van der Waals surface area contributed by atoms with Crippen molar-refractivity contribution in [3.63, 3.8) is 0 Å². The fourth-order valence-electron chi connectivity index (χ4n) is 3.45. The van der Waals surface area contributed by atoms with Crippen LogP contribution in [0.2, 0.25) is 0 Å². The zero-order chi connectivity index (χ0) is 16.9. The SMILES string of the molecule is CC1(C)CCc2cc(OC[C@@H]3Cn4ccc(=O)nc4O3)c(Br)cc21. The van der Waals surface area contributed by atoms with Crippen LogP contribution in [0.25, 0.3) is 0 Å². The van der Waals surface area contributed by atoms with Gasteiger partial charge in [-0.3, -0.25) is 9.36 Å². The number of ether oxygens (including phenoxy) is 2. The summed E-state index contributed by atoms with van der Waals surface area (Å²) in [6, 6.07) is 6.12. The van der Waals surface area contributed by atoms with Crippen molar-refractivity contribution in [1.82, 2.24) is 9.55 Å². The molecule has 1 aliphatic carbocycles. The molecule has 0 amide bonds. The highest BCUT2D eigenvalue weighted by Gasteiger charge is 2.31. The van der Waals surface area contributed by atoms with Gasteiger partial charge in [0.15, 0.2) is 6.10 Å². The molecule has 6 heteroatoms. The van der Waals surface area contributed by atoms with E-state index >= 15 is 0 Å². The molecule has 4 rings (SSSR count). The number of nitrogens with zero attached hydrogens (tertiary/aromatic N) is 2. The van der Waals surface area contributed by atoms with Crippen molar-refractivity contribution in [3.05, 3.63) is 50.3 Å². The first-order valence-corrected chi connectivity index (χ1v) is 8.91. The van der Waals surface area contributed by atoms with Crippen molar-refractivity contribution in [1.29, 1.82) is 0 Å². The molecule has 0 unspecified atom stereocenters. The van der Waals surface area contributed by atoms with Gasteiger partial charge in [-0.05, 0) is 57.4 Å². The van der Waals surface area contributed by atoms with E-state index in [9.17, 15) is 4.79 Å². The van der Waals surface area contributed by atoms with Gasteiger partial charge in [-0.1, -0.05) is 13.8 Å². The van der Waals surface area contributed by atoms with E-state index < -0.39 is 0 Å². The molecule has 0 saturated heterocycles. The standard InChI is InChI=1S/C18H19BrN2O3/c1-18(2)5-3-11-7-15(14(19)8-13(11)18)23-10-12-9-21-6-4-16(22)20-17(21)24-12/h4,6-8,12H,3,5,9-10H2,1-2H3/t12-/m0/s1. The van der Waals surface area contributed by atoms with Crippen molar-refractivity contribution < 1.29 is 9.47 Å². The van der Waals surface area contributed by atoms with Gasteiger partial charge in [0.25, 0.3) is 11.6 Å². The predicted molar refractivity (Wildman–Crippen MR) is 93.9 cm³/mol. The van der Waals surface area contributed by atoms with Crippen molar-refractivity contribution in [3.8, 4) is 11.8 Å². The molecule has 0 fully saturated rings. The molecule has 0 bridgehead atoms. The van der Waals surface area contributed by atoms with E-state index in [0.717, 1.165) is 16.6 Å². The fourth-order valence-corrected chi connectivity index (χ4v) is 3.90. The highest BCUT2D eigenvalue weighted by molar-refractivity contribution is 9.10. The molecule has 0 spiro atoms. The highest BCUT2D eigenvalue weighted by Crippen LogP contribution is 2.42. The monoisotopic (exact) mass is 390 g/mol. The molecule has 0 radical (unpaired) electrons. The second kappa shape index (κ2) is 5.62. The molecule has 2 heterocycles. The maximum absolute atomic E-state index is 11.3. The van der Waals surface area contributed by atoms with Crippen LogP contribution >= 0.6 is 15.9 Å². The lowest BCUT2D eigenvalue weighted by atomic mass is 9.87. The number of halogens is 1. The third-order valence-corrected chi connectivity index (χ3v) is 5.47. The van der Waals surface area contributed by atoms with Gasteiger partial charge < -0.3 is 9.47 Å². The molecule has 2 aliphatic rings. The molecule has 126 valence electrons. The summed E-state index contributed by atoms with van der Waals surface area (Å²) in [5.41, 5.74) is 2.70. The first-order valence-electron chi connectivity index (χ1n) is 8.12. The molecule has 1 atom stereocenters. The van der Waals surface area contributed by atoms with Crippen molar-refractivity contribution in [2.45, 2.75) is 44.8 Å². The van der Waals surface area contributed by atoms with Crippen LogP contribution in [0.3, 0.4) is 0 Å². The molecule has 0 saturated carbocycles. The van der Waals surface area contributed by atoms with Crippen LogP contribution in [0.1, 0.15) is 31.4 Å². The van der Waals surface area contributed by atoms with E-state index in [-0.39, 0.29) is 17.1 Å². The van der Waals surface area contributed by atoms with E-state index in [1.54, 1.807) is 6.20 Å². The Kier molecular flexibility index (Phi) is 3.67. The van der Waals surface area contributed by atoms with Crippen LogP contribution in [-0.2, 0) is 18.4 Å². The Morgan fingerprint density at radius 1 is 1.46 bits per heavy atom.